The molecule has 1 aromatic carbocycles. The van der Waals surface area contributed by atoms with Crippen LogP contribution in [0.25, 0.3) is 0 Å². The first-order chi connectivity index (χ1) is 11.6. The Kier molecular flexibility index (Phi) is 7.90. The number of halogens is 1. The van der Waals surface area contributed by atoms with Crippen molar-refractivity contribution in [2.24, 2.45) is 0 Å². The van der Waals surface area contributed by atoms with E-state index in [9.17, 15) is 4.79 Å². The zero-order valence-electron chi connectivity index (χ0n) is 13.8. The van der Waals surface area contributed by atoms with Crippen LogP contribution in [-0.4, -0.2) is 73.8 Å². The van der Waals surface area contributed by atoms with Crippen molar-refractivity contribution in [2.45, 2.75) is 0 Å². The highest BCUT2D eigenvalue weighted by atomic mass is 79.9. The maximum absolute atomic E-state index is 11.8. The molecule has 24 heavy (non-hydrogen) atoms. The van der Waals surface area contributed by atoms with E-state index in [2.05, 4.69) is 36.4 Å². The number of methoxy groups -OCH3 is 1. The Labute approximate surface area is 156 Å². The smallest absolute Gasteiger partial charge is 0.234 e. The highest BCUT2D eigenvalue weighted by molar-refractivity contribution is 9.10. The van der Waals surface area contributed by atoms with Gasteiger partial charge < -0.3 is 20.3 Å². The van der Waals surface area contributed by atoms with Gasteiger partial charge >= 0.3 is 0 Å². The van der Waals surface area contributed by atoms with E-state index in [0.717, 1.165) is 41.5 Å². The molecule has 0 radical (unpaired) electrons. The summed E-state index contributed by atoms with van der Waals surface area (Å²) in [7, 11) is 1.62. The van der Waals surface area contributed by atoms with Crippen molar-refractivity contribution in [3.63, 3.8) is 0 Å². The predicted octanol–water partition coefficient (Wildman–Crippen LogP) is 1.53. The molecule has 1 saturated heterocycles. The fourth-order valence-corrected chi connectivity index (χ4v) is 3.13. The first kappa shape index (κ1) is 19.1. The van der Waals surface area contributed by atoms with Crippen molar-refractivity contribution in [3.8, 4) is 0 Å². The van der Waals surface area contributed by atoms with Crippen molar-refractivity contribution >= 4 is 44.9 Å². The average molecular weight is 415 g/mol. The molecule has 0 aromatic heterocycles. The van der Waals surface area contributed by atoms with Crippen molar-refractivity contribution in [2.75, 3.05) is 58.3 Å². The average Bonchev–Trinajstić information content (AvgIpc) is 2.55. The number of benzene rings is 1. The van der Waals surface area contributed by atoms with Gasteiger partial charge in [0.2, 0.25) is 5.91 Å². The lowest BCUT2D eigenvalue weighted by molar-refractivity contribution is -0.122. The van der Waals surface area contributed by atoms with Crippen LogP contribution in [0.2, 0.25) is 0 Å². The number of carbonyl (C=O) groups is 1. The molecule has 0 atom stereocenters. The van der Waals surface area contributed by atoms with Gasteiger partial charge in [-0.15, -0.1) is 0 Å². The van der Waals surface area contributed by atoms with Crippen LogP contribution in [0.15, 0.2) is 28.7 Å². The van der Waals surface area contributed by atoms with Crippen LogP contribution in [-0.2, 0) is 9.53 Å². The van der Waals surface area contributed by atoms with Gasteiger partial charge in [0.15, 0.2) is 5.11 Å². The second kappa shape index (κ2) is 9.93. The van der Waals surface area contributed by atoms with Gasteiger partial charge in [-0.25, -0.2) is 0 Å². The Morgan fingerprint density at radius 1 is 1.33 bits per heavy atom. The van der Waals surface area contributed by atoms with Crippen LogP contribution in [0.5, 0.6) is 0 Å². The van der Waals surface area contributed by atoms with E-state index in [1.54, 1.807) is 7.11 Å². The minimum absolute atomic E-state index is 0.0373. The second-order valence-electron chi connectivity index (χ2n) is 5.55. The quantitative estimate of drug-likeness (QED) is 0.543. The summed E-state index contributed by atoms with van der Waals surface area (Å²) in [6, 6.07) is 7.92. The lowest BCUT2D eigenvalue weighted by Gasteiger charge is -2.35. The highest BCUT2D eigenvalue weighted by Crippen LogP contribution is 2.16. The molecular weight excluding hydrogens is 392 g/mol. The summed E-state index contributed by atoms with van der Waals surface area (Å²) in [4.78, 5) is 16.1. The van der Waals surface area contributed by atoms with Crippen LogP contribution in [0.3, 0.4) is 0 Å². The van der Waals surface area contributed by atoms with E-state index in [0.29, 0.717) is 19.7 Å². The van der Waals surface area contributed by atoms with E-state index in [1.807, 2.05) is 24.3 Å². The molecule has 0 spiro atoms. The molecule has 6 nitrogen and oxygen atoms in total. The molecular formula is C16H23BrN4O2S. The topological polar surface area (TPSA) is 56.8 Å². The Balaban J connectivity index is 1.72. The molecule has 8 heteroatoms. The van der Waals surface area contributed by atoms with E-state index in [-0.39, 0.29) is 5.91 Å². The Morgan fingerprint density at radius 2 is 2.08 bits per heavy atom. The molecule has 2 N–H and O–H groups in total. The van der Waals surface area contributed by atoms with Gasteiger partial charge in [0, 0.05) is 50.0 Å². The van der Waals surface area contributed by atoms with Gasteiger partial charge in [0.1, 0.15) is 0 Å². The zero-order valence-corrected chi connectivity index (χ0v) is 16.2. The largest absolute Gasteiger partial charge is 0.383 e. The first-order valence-electron chi connectivity index (χ1n) is 7.88. The standard InChI is InChI=1S/C16H23BrN4O2S/c1-23-10-5-18-15(22)12-20-6-8-21(9-7-20)16(24)19-14-4-2-3-13(17)11-14/h2-4,11H,5-10,12H2,1H3,(H,18,22)(H,19,24). The molecule has 1 heterocycles. The molecule has 132 valence electrons. The third-order valence-corrected chi connectivity index (χ3v) is 4.58. The van der Waals surface area contributed by atoms with Crippen molar-refractivity contribution < 1.29 is 9.53 Å². The third-order valence-electron chi connectivity index (χ3n) is 3.73. The lowest BCUT2D eigenvalue weighted by Crippen LogP contribution is -2.52. The maximum atomic E-state index is 11.8. The Bertz CT molecular complexity index is 565. The molecule has 1 fully saturated rings. The van der Waals surface area contributed by atoms with Crippen LogP contribution < -0.4 is 10.6 Å². The summed E-state index contributed by atoms with van der Waals surface area (Å²) in [5.41, 5.74) is 0.967. The number of thiocarbonyl (C=S) groups is 1. The number of nitrogens with one attached hydrogen (secondary N) is 2. The van der Waals surface area contributed by atoms with E-state index in [1.165, 1.54) is 0 Å². The highest BCUT2D eigenvalue weighted by Gasteiger charge is 2.20. The van der Waals surface area contributed by atoms with Crippen molar-refractivity contribution in [3.05, 3.63) is 28.7 Å². The Morgan fingerprint density at radius 3 is 2.75 bits per heavy atom. The molecule has 1 amide bonds. The molecule has 0 unspecified atom stereocenters. The summed E-state index contributed by atoms with van der Waals surface area (Å²) in [5, 5.41) is 6.82. The SMILES string of the molecule is COCCNC(=O)CN1CCN(C(=S)Nc2cccc(Br)c2)CC1. The number of hydrogen-bond donors (Lipinski definition) is 2. The second-order valence-corrected chi connectivity index (χ2v) is 6.85. The number of carbonyl (C=O) groups excluding carboxylic acids is 1. The zero-order chi connectivity index (χ0) is 17.4. The van der Waals surface area contributed by atoms with Gasteiger partial charge in [-0.1, -0.05) is 22.0 Å². The molecule has 0 saturated carbocycles. The van der Waals surface area contributed by atoms with Crippen LogP contribution >= 0.6 is 28.1 Å². The number of nitrogens with zero attached hydrogens (tertiary/aromatic N) is 2. The molecule has 1 aliphatic rings. The van der Waals surface area contributed by atoms with E-state index in [4.69, 9.17) is 17.0 Å². The number of ether oxygens (including phenoxy) is 1. The fraction of sp³-hybridized carbons (Fsp3) is 0.500. The number of piperazine rings is 1. The van der Waals surface area contributed by atoms with Crippen molar-refractivity contribution in [1.82, 2.24) is 15.1 Å². The minimum Gasteiger partial charge on any atom is -0.383 e. The van der Waals surface area contributed by atoms with Gasteiger partial charge in [0.25, 0.3) is 0 Å². The maximum Gasteiger partial charge on any atom is 0.234 e. The lowest BCUT2D eigenvalue weighted by atomic mass is 10.3. The molecule has 0 aliphatic carbocycles. The van der Waals surface area contributed by atoms with Gasteiger partial charge in [0.05, 0.1) is 13.2 Å². The van der Waals surface area contributed by atoms with Crippen LogP contribution in [0.4, 0.5) is 5.69 Å². The fourth-order valence-electron chi connectivity index (χ4n) is 2.43. The summed E-state index contributed by atoms with van der Waals surface area (Å²) in [6.45, 7) is 4.76. The van der Waals surface area contributed by atoms with Crippen LogP contribution in [0.1, 0.15) is 0 Å². The summed E-state index contributed by atoms with van der Waals surface area (Å²) in [6.07, 6.45) is 0. The number of rotatable bonds is 6. The van der Waals surface area contributed by atoms with E-state index >= 15 is 0 Å². The number of hydrogen-bond acceptors (Lipinski definition) is 4. The van der Waals surface area contributed by atoms with Gasteiger partial charge in [-0.3, -0.25) is 9.69 Å². The normalized spacial score (nSPS) is 15.2. The summed E-state index contributed by atoms with van der Waals surface area (Å²) < 4.78 is 5.93. The minimum atomic E-state index is 0.0373. The van der Waals surface area contributed by atoms with Crippen molar-refractivity contribution in [1.29, 1.82) is 0 Å². The number of anilines is 1. The molecule has 1 aromatic rings. The van der Waals surface area contributed by atoms with E-state index < -0.39 is 0 Å². The van der Waals surface area contributed by atoms with Crippen LogP contribution in [0, 0.1) is 0 Å². The predicted molar refractivity (Wildman–Crippen MR) is 103 cm³/mol. The third kappa shape index (κ3) is 6.35. The first-order valence-corrected chi connectivity index (χ1v) is 9.08. The molecule has 0 bridgehead atoms. The Hall–Kier alpha value is -1.22. The number of amides is 1. The summed E-state index contributed by atoms with van der Waals surface area (Å²) in [5.74, 6) is 0.0373. The molecule has 1 aliphatic heterocycles. The summed E-state index contributed by atoms with van der Waals surface area (Å²) >= 11 is 8.94. The monoisotopic (exact) mass is 414 g/mol. The van der Waals surface area contributed by atoms with Gasteiger partial charge in [-0.05, 0) is 30.4 Å². The van der Waals surface area contributed by atoms with Gasteiger partial charge in [-0.2, -0.15) is 0 Å². The molecule has 2 rings (SSSR count).